The van der Waals surface area contributed by atoms with Crippen molar-refractivity contribution in [1.82, 2.24) is 0 Å². The van der Waals surface area contributed by atoms with E-state index in [-0.39, 0.29) is 13.0 Å². The van der Waals surface area contributed by atoms with E-state index < -0.39 is 36.6 Å². The van der Waals surface area contributed by atoms with Crippen molar-refractivity contribution in [2.75, 3.05) is 13.2 Å². The van der Waals surface area contributed by atoms with Crippen LogP contribution in [0.4, 0.5) is 0 Å². The second kappa shape index (κ2) is 8.83. The molecule has 0 bridgehead atoms. The van der Waals surface area contributed by atoms with Crippen LogP contribution in [0.25, 0.3) is 0 Å². The van der Waals surface area contributed by atoms with Crippen molar-refractivity contribution in [3.8, 4) is 5.75 Å². The topological polar surface area (TPSA) is 168 Å². The molecule has 0 radical (unpaired) electrons. The molecule has 1 aromatic carbocycles. The number of hydrogen-bond acceptors (Lipinski definition) is 8. The van der Waals surface area contributed by atoms with Crippen LogP contribution in [0.5, 0.6) is 5.75 Å². The first-order valence-electron chi connectivity index (χ1n) is 6.73. The lowest BCUT2D eigenvalue weighted by Gasteiger charge is -2.13. The Bertz CT molecular complexity index is 560. The molecule has 9 heteroatoms. The van der Waals surface area contributed by atoms with E-state index in [2.05, 4.69) is 0 Å². The molecule has 0 aliphatic carbocycles. The van der Waals surface area contributed by atoms with Gasteiger partial charge in [-0.25, -0.2) is 0 Å². The smallest absolute Gasteiger partial charge is 0.325 e. The summed E-state index contributed by atoms with van der Waals surface area (Å²) in [6, 6.07) is 4.10. The standard InChI is InChI=1S/C14H19N3O6/c15-6-12(18)23-9-3-1-8(2-4-9)5-10(16)14(21)22-7-11(17)13(19)20/h1-4,10-11H,5-7,15-17H2,(H,19,20)/t10-,11-/m0/s1. The summed E-state index contributed by atoms with van der Waals surface area (Å²) < 4.78 is 9.64. The van der Waals surface area contributed by atoms with Crippen LogP contribution in [-0.4, -0.2) is 48.2 Å². The highest BCUT2D eigenvalue weighted by Crippen LogP contribution is 2.13. The normalized spacial score (nSPS) is 13.0. The lowest BCUT2D eigenvalue weighted by atomic mass is 10.1. The van der Waals surface area contributed by atoms with Gasteiger partial charge in [-0.2, -0.15) is 0 Å². The molecular weight excluding hydrogens is 306 g/mol. The summed E-state index contributed by atoms with van der Waals surface area (Å²) in [5, 5.41) is 8.58. The third kappa shape index (κ3) is 6.43. The minimum atomic E-state index is -1.29. The van der Waals surface area contributed by atoms with Gasteiger partial charge in [0.25, 0.3) is 0 Å². The number of carbonyl (C=O) groups is 3. The van der Waals surface area contributed by atoms with E-state index in [0.29, 0.717) is 11.3 Å². The number of hydrogen-bond donors (Lipinski definition) is 4. The number of benzene rings is 1. The highest BCUT2D eigenvalue weighted by Gasteiger charge is 2.19. The van der Waals surface area contributed by atoms with Gasteiger partial charge in [-0.05, 0) is 24.1 Å². The maximum absolute atomic E-state index is 11.6. The summed E-state index contributed by atoms with van der Waals surface area (Å²) >= 11 is 0. The van der Waals surface area contributed by atoms with Gasteiger partial charge < -0.3 is 31.8 Å². The van der Waals surface area contributed by atoms with E-state index in [4.69, 9.17) is 31.8 Å². The summed E-state index contributed by atoms with van der Waals surface area (Å²) in [6.07, 6.45) is 0.173. The lowest BCUT2D eigenvalue weighted by molar-refractivity contribution is -0.149. The number of aliphatic carboxylic acids is 1. The molecule has 7 N–H and O–H groups in total. The highest BCUT2D eigenvalue weighted by atomic mass is 16.5. The highest BCUT2D eigenvalue weighted by molar-refractivity contribution is 5.77. The van der Waals surface area contributed by atoms with Crippen molar-refractivity contribution in [2.24, 2.45) is 17.2 Å². The van der Waals surface area contributed by atoms with E-state index in [0.717, 1.165) is 0 Å². The Morgan fingerprint density at radius 3 is 2.22 bits per heavy atom. The number of nitrogens with two attached hydrogens (primary N) is 3. The number of ether oxygens (including phenoxy) is 2. The Balaban J connectivity index is 2.50. The summed E-state index contributed by atoms with van der Waals surface area (Å²) in [6.45, 7) is -0.674. The number of carbonyl (C=O) groups excluding carboxylic acids is 2. The first kappa shape index (κ1) is 18.6. The van der Waals surface area contributed by atoms with Crippen molar-refractivity contribution >= 4 is 17.9 Å². The Kier molecular flexibility index (Phi) is 7.13. The summed E-state index contributed by atoms with van der Waals surface area (Å²) in [5.74, 6) is -2.25. The van der Waals surface area contributed by atoms with Gasteiger partial charge in [0.05, 0.1) is 6.54 Å². The summed E-state index contributed by atoms with van der Waals surface area (Å²) in [4.78, 5) is 33.2. The van der Waals surface area contributed by atoms with Crippen LogP contribution in [-0.2, 0) is 25.5 Å². The van der Waals surface area contributed by atoms with Crippen molar-refractivity contribution in [3.63, 3.8) is 0 Å². The summed E-state index contributed by atoms with van der Waals surface area (Å²) in [5.41, 5.74) is 16.7. The number of rotatable bonds is 8. The molecule has 23 heavy (non-hydrogen) atoms. The second-order valence-corrected chi connectivity index (χ2v) is 4.71. The summed E-state index contributed by atoms with van der Waals surface area (Å²) in [7, 11) is 0. The zero-order valence-corrected chi connectivity index (χ0v) is 12.3. The van der Waals surface area contributed by atoms with Crippen molar-refractivity contribution in [1.29, 1.82) is 0 Å². The van der Waals surface area contributed by atoms with E-state index >= 15 is 0 Å². The number of esters is 2. The maximum atomic E-state index is 11.6. The largest absolute Gasteiger partial charge is 0.480 e. The molecule has 126 valence electrons. The molecule has 0 saturated carbocycles. The minimum absolute atomic E-state index is 0.173. The predicted molar refractivity (Wildman–Crippen MR) is 79.4 cm³/mol. The Hall–Kier alpha value is -2.49. The molecule has 0 amide bonds. The van der Waals surface area contributed by atoms with Gasteiger partial charge in [-0.1, -0.05) is 12.1 Å². The van der Waals surface area contributed by atoms with Crippen molar-refractivity contribution in [3.05, 3.63) is 29.8 Å². The van der Waals surface area contributed by atoms with Gasteiger partial charge in [0.15, 0.2) is 0 Å². The Labute approximate surface area is 132 Å². The van der Waals surface area contributed by atoms with E-state index in [1.165, 1.54) is 0 Å². The third-order valence-corrected chi connectivity index (χ3v) is 2.80. The van der Waals surface area contributed by atoms with Crippen LogP contribution >= 0.6 is 0 Å². The average Bonchev–Trinajstić information content (AvgIpc) is 2.53. The van der Waals surface area contributed by atoms with Crippen molar-refractivity contribution in [2.45, 2.75) is 18.5 Å². The lowest BCUT2D eigenvalue weighted by Crippen LogP contribution is -2.40. The molecule has 1 rings (SSSR count). The fourth-order valence-corrected chi connectivity index (χ4v) is 1.55. The number of carboxylic acids is 1. The predicted octanol–water partition coefficient (Wildman–Crippen LogP) is -1.62. The second-order valence-electron chi connectivity index (χ2n) is 4.71. The fourth-order valence-electron chi connectivity index (χ4n) is 1.55. The number of carboxylic acid groups (broad SMARTS) is 1. The van der Waals surface area contributed by atoms with Crippen LogP contribution in [0.15, 0.2) is 24.3 Å². The molecule has 0 unspecified atom stereocenters. The van der Waals surface area contributed by atoms with Gasteiger partial charge in [-0.15, -0.1) is 0 Å². The molecular formula is C14H19N3O6. The van der Waals surface area contributed by atoms with Gasteiger partial charge in [-0.3, -0.25) is 14.4 Å². The van der Waals surface area contributed by atoms with Crippen LogP contribution < -0.4 is 21.9 Å². The monoisotopic (exact) mass is 325 g/mol. The van der Waals surface area contributed by atoms with E-state index in [1.54, 1.807) is 24.3 Å². The van der Waals surface area contributed by atoms with Gasteiger partial charge in [0.2, 0.25) is 0 Å². The van der Waals surface area contributed by atoms with Gasteiger partial charge in [0.1, 0.15) is 24.4 Å². The van der Waals surface area contributed by atoms with Gasteiger partial charge >= 0.3 is 17.9 Å². The molecule has 2 atom stereocenters. The van der Waals surface area contributed by atoms with Crippen LogP contribution in [0.1, 0.15) is 5.56 Å². The zero-order valence-electron chi connectivity index (χ0n) is 12.3. The van der Waals surface area contributed by atoms with Crippen LogP contribution in [0.2, 0.25) is 0 Å². The average molecular weight is 325 g/mol. The SMILES string of the molecule is NCC(=O)Oc1ccc(C[C@H](N)C(=O)OC[C@H](N)C(=O)O)cc1. The van der Waals surface area contributed by atoms with E-state index in [9.17, 15) is 14.4 Å². The maximum Gasteiger partial charge on any atom is 0.325 e. The molecule has 0 heterocycles. The molecule has 1 aromatic rings. The first-order valence-corrected chi connectivity index (χ1v) is 6.73. The van der Waals surface area contributed by atoms with Crippen LogP contribution in [0, 0.1) is 0 Å². The molecule has 0 saturated heterocycles. The minimum Gasteiger partial charge on any atom is -0.480 e. The molecule has 0 aliphatic rings. The molecule has 0 aliphatic heterocycles. The molecule has 0 aromatic heterocycles. The molecule has 0 spiro atoms. The fraction of sp³-hybridized carbons (Fsp3) is 0.357. The van der Waals surface area contributed by atoms with E-state index in [1.807, 2.05) is 0 Å². The van der Waals surface area contributed by atoms with Gasteiger partial charge in [0, 0.05) is 0 Å². The quantitative estimate of drug-likeness (QED) is 0.324. The third-order valence-electron chi connectivity index (χ3n) is 2.80. The zero-order chi connectivity index (χ0) is 17.4. The van der Waals surface area contributed by atoms with Crippen molar-refractivity contribution < 1.29 is 29.0 Å². The van der Waals surface area contributed by atoms with Crippen LogP contribution in [0.3, 0.4) is 0 Å². The Morgan fingerprint density at radius 2 is 1.70 bits per heavy atom. The first-order chi connectivity index (χ1) is 10.8. The Morgan fingerprint density at radius 1 is 1.09 bits per heavy atom. The molecule has 0 fully saturated rings. The molecule has 9 nitrogen and oxygen atoms in total.